The van der Waals surface area contributed by atoms with Gasteiger partial charge in [-0.3, -0.25) is 4.79 Å². The summed E-state index contributed by atoms with van der Waals surface area (Å²) in [6.45, 7) is 4.56. The van der Waals surface area contributed by atoms with Gasteiger partial charge in [-0.05, 0) is 6.07 Å². The molecule has 1 aliphatic heterocycles. The van der Waals surface area contributed by atoms with Crippen LogP contribution in [0.2, 0.25) is 0 Å². The third kappa shape index (κ3) is 5.02. The van der Waals surface area contributed by atoms with Crippen molar-refractivity contribution in [2.75, 3.05) is 26.2 Å². The second kappa shape index (κ2) is 8.82. The first kappa shape index (κ1) is 16.9. The number of carboxylic acid groups (broad SMARTS) is 1. The molecule has 1 aliphatic rings. The minimum Gasteiger partial charge on any atom is -0.478 e. The Hall–Kier alpha value is -2.50. The van der Waals surface area contributed by atoms with E-state index in [1.54, 1.807) is 42.5 Å². The van der Waals surface area contributed by atoms with Gasteiger partial charge in [0.25, 0.3) is 0 Å². The molecule has 0 aromatic heterocycles. The van der Waals surface area contributed by atoms with Gasteiger partial charge >= 0.3 is 5.97 Å². The van der Waals surface area contributed by atoms with Crippen LogP contribution in [-0.4, -0.2) is 43.0 Å². The molecule has 0 amide bonds. The van der Waals surface area contributed by atoms with Crippen molar-refractivity contribution >= 4 is 11.8 Å². The van der Waals surface area contributed by atoms with Crippen molar-refractivity contribution in [2.24, 2.45) is 0 Å². The van der Waals surface area contributed by atoms with Crippen molar-refractivity contribution < 1.29 is 14.7 Å². The number of piperazine rings is 1. The number of carboxylic acids is 1. The molecule has 0 spiro atoms. The Balaban J connectivity index is 0.000000268. The maximum Gasteiger partial charge on any atom is 0.336 e. The Labute approximate surface area is 135 Å². The molecule has 1 fully saturated rings. The van der Waals surface area contributed by atoms with Gasteiger partial charge in [0, 0.05) is 37.3 Å². The van der Waals surface area contributed by atoms with Crippen LogP contribution in [0.15, 0.2) is 54.6 Å². The molecular weight excluding hydrogens is 292 g/mol. The number of carbonyl (C=O) groups is 2. The highest BCUT2D eigenvalue weighted by molar-refractivity contribution is 6.14. The van der Waals surface area contributed by atoms with Crippen molar-refractivity contribution in [3.63, 3.8) is 0 Å². The lowest BCUT2D eigenvalue weighted by Crippen LogP contribution is -2.39. The molecular formula is C18H20N2O3. The standard InChI is InChI=1S/C14H10O3.C4H10N2/c15-13(10-6-2-1-3-7-10)11-8-4-5-9-12(11)14(16)17;1-2-6-4-3-5-1/h1-9H,(H,16,17);5-6H,1-4H2. The summed E-state index contributed by atoms with van der Waals surface area (Å²) in [6.07, 6.45) is 0. The predicted molar refractivity (Wildman–Crippen MR) is 89.0 cm³/mol. The maximum absolute atomic E-state index is 12.1. The van der Waals surface area contributed by atoms with E-state index in [0.29, 0.717) is 5.56 Å². The monoisotopic (exact) mass is 312 g/mol. The summed E-state index contributed by atoms with van der Waals surface area (Å²) >= 11 is 0. The van der Waals surface area contributed by atoms with Crippen molar-refractivity contribution in [1.82, 2.24) is 10.6 Å². The first-order chi connectivity index (χ1) is 11.2. The maximum atomic E-state index is 12.1. The number of aromatic carboxylic acids is 1. The van der Waals surface area contributed by atoms with Crippen LogP contribution in [-0.2, 0) is 0 Å². The van der Waals surface area contributed by atoms with Crippen molar-refractivity contribution in [1.29, 1.82) is 0 Å². The quantitative estimate of drug-likeness (QED) is 0.753. The lowest BCUT2D eigenvalue weighted by atomic mass is 9.98. The molecule has 0 atom stereocenters. The van der Waals surface area contributed by atoms with Gasteiger partial charge in [0.05, 0.1) is 5.56 Å². The number of rotatable bonds is 3. The van der Waals surface area contributed by atoms with Gasteiger partial charge in [-0.1, -0.05) is 48.5 Å². The summed E-state index contributed by atoms with van der Waals surface area (Å²) in [5.74, 6) is -1.37. The average molecular weight is 312 g/mol. The van der Waals surface area contributed by atoms with E-state index in [2.05, 4.69) is 10.6 Å². The van der Waals surface area contributed by atoms with E-state index in [1.807, 2.05) is 0 Å². The Kier molecular flexibility index (Phi) is 6.47. The fourth-order valence-electron chi connectivity index (χ4n) is 2.22. The molecule has 1 heterocycles. The van der Waals surface area contributed by atoms with E-state index in [0.717, 1.165) is 26.2 Å². The SMILES string of the molecule is C1CNCCN1.O=C(O)c1ccccc1C(=O)c1ccccc1. The van der Waals surface area contributed by atoms with Gasteiger partial charge in [0.2, 0.25) is 0 Å². The summed E-state index contributed by atoms with van der Waals surface area (Å²) in [4.78, 5) is 23.1. The van der Waals surface area contributed by atoms with Crippen LogP contribution in [0.1, 0.15) is 26.3 Å². The molecule has 3 N–H and O–H groups in total. The molecule has 0 unspecified atom stereocenters. The molecule has 0 radical (unpaired) electrons. The van der Waals surface area contributed by atoms with E-state index >= 15 is 0 Å². The number of benzene rings is 2. The lowest BCUT2D eigenvalue weighted by molar-refractivity contribution is 0.0693. The Bertz CT molecular complexity index is 641. The number of hydrogen-bond acceptors (Lipinski definition) is 4. The zero-order chi connectivity index (χ0) is 16.5. The molecule has 0 saturated carbocycles. The first-order valence-corrected chi connectivity index (χ1v) is 7.53. The van der Waals surface area contributed by atoms with Crippen LogP contribution in [0.3, 0.4) is 0 Å². The van der Waals surface area contributed by atoms with Gasteiger partial charge in [-0.25, -0.2) is 4.79 Å². The smallest absolute Gasteiger partial charge is 0.336 e. The fraction of sp³-hybridized carbons (Fsp3) is 0.222. The third-order valence-corrected chi connectivity index (χ3v) is 3.40. The predicted octanol–water partition coefficient (Wildman–Crippen LogP) is 1.79. The minimum absolute atomic E-state index is 0.0290. The van der Waals surface area contributed by atoms with Crippen molar-refractivity contribution in [3.8, 4) is 0 Å². The van der Waals surface area contributed by atoms with Crippen molar-refractivity contribution in [3.05, 3.63) is 71.3 Å². The summed E-state index contributed by atoms with van der Waals surface area (Å²) < 4.78 is 0. The number of ketones is 1. The first-order valence-electron chi connectivity index (χ1n) is 7.53. The topological polar surface area (TPSA) is 78.4 Å². The Morgan fingerprint density at radius 3 is 1.70 bits per heavy atom. The highest BCUT2D eigenvalue weighted by Gasteiger charge is 2.16. The van der Waals surface area contributed by atoms with Gasteiger partial charge in [-0.15, -0.1) is 0 Å². The molecule has 5 nitrogen and oxygen atoms in total. The van der Waals surface area contributed by atoms with E-state index < -0.39 is 5.97 Å². The zero-order valence-electron chi connectivity index (χ0n) is 12.8. The van der Waals surface area contributed by atoms with E-state index in [-0.39, 0.29) is 16.9 Å². The Morgan fingerprint density at radius 1 is 0.739 bits per heavy atom. The van der Waals surface area contributed by atoms with Crippen LogP contribution in [0.4, 0.5) is 0 Å². The molecule has 23 heavy (non-hydrogen) atoms. The van der Waals surface area contributed by atoms with E-state index in [9.17, 15) is 9.59 Å². The average Bonchev–Trinajstić information content (AvgIpc) is 2.64. The highest BCUT2D eigenvalue weighted by Crippen LogP contribution is 2.14. The molecule has 5 heteroatoms. The second-order valence-electron chi connectivity index (χ2n) is 5.05. The van der Waals surface area contributed by atoms with E-state index in [4.69, 9.17) is 5.11 Å². The van der Waals surface area contributed by atoms with E-state index in [1.165, 1.54) is 12.1 Å². The number of carbonyl (C=O) groups excluding carboxylic acids is 1. The number of nitrogens with one attached hydrogen (secondary N) is 2. The largest absolute Gasteiger partial charge is 0.478 e. The molecule has 2 aromatic rings. The molecule has 2 aromatic carbocycles. The second-order valence-corrected chi connectivity index (χ2v) is 5.05. The van der Waals surface area contributed by atoms with Crippen LogP contribution >= 0.6 is 0 Å². The third-order valence-electron chi connectivity index (χ3n) is 3.40. The molecule has 120 valence electrons. The van der Waals surface area contributed by atoms with Gasteiger partial charge in [-0.2, -0.15) is 0 Å². The van der Waals surface area contributed by atoms with Gasteiger partial charge < -0.3 is 15.7 Å². The van der Waals surface area contributed by atoms with Gasteiger partial charge in [0.15, 0.2) is 5.78 Å². The van der Waals surface area contributed by atoms with Gasteiger partial charge in [0.1, 0.15) is 0 Å². The number of hydrogen-bond donors (Lipinski definition) is 3. The highest BCUT2D eigenvalue weighted by atomic mass is 16.4. The summed E-state index contributed by atoms with van der Waals surface area (Å²) in [5.41, 5.74) is 0.730. The van der Waals surface area contributed by atoms with Crippen molar-refractivity contribution in [2.45, 2.75) is 0 Å². The van der Waals surface area contributed by atoms with Crippen LogP contribution in [0.5, 0.6) is 0 Å². The van der Waals surface area contributed by atoms with Crippen LogP contribution < -0.4 is 10.6 Å². The van der Waals surface area contributed by atoms with Crippen LogP contribution in [0.25, 0.3) is 0 Å². The molecule has 0 aliphatic carbocycles. The molecule has 0 bridgehead atoms. The molecule has 3 rings (SSSR count). The summed E-state index contributed by atoms with van der Waals surface area (Å²) in [6, 6.07) is 14.8. The minimum atomic E-state index is -1.09. The Morgan fingerprint density at radius 2 is 1.22 bits per heavy atom. The lowest BCUT2D eigenvalue weighted by Gasteiger charge is -2.11. The van der Waals surface area contributed by atoms with Crippen LogP contribution in [0, 0.1) is 0 Å². The summed E-state index contributed by atoms with van der Waals surface area (Å²) in [7, 11) is 0. The fourth-order valence-corrected chi connectivity index (χ4v) is 2.22. The normalized spacial score (nSPS) is 13.6. The summed E-state index contributed by atoms with van der Waals surface area (Å²) in [5, 5.41) is 15.5. The molecule has 1 saturated heterocycles. The zero-order valence-corrected chi connectivity index (χ0v) is 12.8.